The van der Waals surface area contributed by atoms with Crippen LogP contribution in [0.25, 0.3) is 0 Å². The van der Waals surface area contributed by atoms with E-state index in [0.29, 0.717) is 5.57 Å². The Morgan fingerprint density at radius 1 is 1.18 bits per heavy atom. The van der Waals surface area contributed by atoms with Gasteiger partial charge in [-0.1, -0.05) is 12.5 Å². The maximum atomic E-state index is 11.8. The zero-order chi connectivity index (χ0) is 13.6. The molecule has 0 aromatic rings. The number of esters is 1. The SMILES string of the molecule is CC(C)=C(C)C(=O)OC(CO)(CO)C(C)CO. The quantitative estimate of drug-likeness (QED) is 0.461. The van der Waals surface area contributed by atoms with Crippen molar-refractivity contribution in [2.45, 2.75) is 33.3 Å². The highest BCUT2D eigenvalue weighted by molar-refractivity contribution is 5.88. The first kappa shape index (κ1) is 16.1. The summed E-state index contributed by atoms with van der Waals surface area (Å²) in [4.78, 5) is 11.8. The molecule has 0 radical (unpaired) electrons. The van der Waals surface area contributed by atoms with Crippen LogP contribution in [0.4, 0.5) is 0 Å². The van der Waals surface area contributed by atoms with E-state index in [-0.39, 0.29) is 6.61 Å². The van der Waals surface area contributed by atoms with Crippen molar-refractivity contribution in [2.24, 2.45) is 5.92 Å². The Morgan fingerprint density at radius 2 is 1.65 bits per heavy atom. The Kier molecular flexibility index (Phi) is 6.37. The summed E-state index contributed by atoms with van der Waals surface area (Å²) >= 11 is 0. The van der Waals surface area contributed by atoms with Gasteiger partial charge in [-0.15, -0.1) is 0 Å². The van der Waals surface area contributed by atoms with E-state index in [2.05, 4.69) is 0 Å². The number of hydrogen-bond acceptors (Lipinski definition) is 5. The van der Waals surface area contributed by atoms with Gasteiger partial charge >= 0.3 is 5.97 Å². The summed E-state index contributed by atoms with van der Waals surface area (Å²) < 4.78 is 5.16. The monoisotopic (exact) mass is 246 g/mol. The lowest BCUT2D eigenvalue weighted by atomic mass is 9.90. The summed E-state index contributed by atoms with van der Waals surface area (Å²) in [7, 11) is 0. The molecule has 0 aliphatic carbocycles. The lowest BCUT2D eigenvalue weighted by molar-refractivity contribution is -0.177. The summed E-state index contributed by atoms with van der Waals surface area (Å²) in [5.41, 5.74) is -0.208. The van der Waals surface area contributed by atoms with Gasteiger partial charge in [0, 0.05) is 18.1 Å². The Balaban J connectivity index is 5.02. The summed E-state index contributed by atoms with van der Waals surface area (Å²) in [6.07, 6.45) is 0. The number of allylic oxidation sites excluding steroid dienone is 1. The second kappa shape index (κ2) is 6.74. The van der Waals surface area contributed by atoms with Crippen LogP contribution in [0, 0.1) is 5.92 Å². The maximum Gasteiger partial charge on any atom is 0.334 e. The molecule has 0 fully saturated rings. The third-order valence-electron chi connectivity index (χ3n) is 3.06. The second-order valence-corrected chi connectivity index (χ2v) is 4.48. The third kappa shape index (κ3) is 3.80. The minimum absolute atomic E-state index is 0.289. The van der Waals surface area contributed by atoms with Crippen LogP contribution in [-0.4, -0.2) is 46.7 Å². The van der Waals surface area contributed by atoms with Crippen LogP contribution in [-0.2, 0) is 9.53 Å². The van der Waals surface area contributed by atoms with Crippen molar-refractivity contribution < 1.29 is 24.9 Å². The molecule has 0 rings (SSSR count). The third-order valence-corrected chi connectivity index (χ3v) is 3.06. The van der Waals surface area contributed by atoms with E-state index in [1.165, 1.54) is 0 Å². The summed E-state index contributed by atoms with van der Waals surface area (Å²) in [6.45, 7) is 5.39. The van der Waals surface area contributed by atoms with Crippen LogP contribution in [0.2, 0.25) is 0 Å². The molecule has 5 heteroatoms. The molecular formula is C12H22O5. The van der Waals surface area contributed by atoms with E-state index < -0.39 is 30.7 Å². The standard InChI is InChI=1S/C12H22O5/c1-8(2)10(4)11(16)17-12(6-14,7-15)9(3)5-13/h9,13-15H,5-7H2,1-4H3. The van der Waals surface area contributed by atoms with Gasteiger partial charge in [-0.3, -0.25) is 0 Å². The molecule has 0 saturated carbocycles. The van der Waals surface area contributed by atoms with Gasteiger partial charge in [-0.2, -0.15) is 0 Å². The van der Waals surface area contributed by atoms with E-state index in [1.807, 2.05) is 0 Å². The molecule has 1 unspecified atom stereocenters. The minimum Gasteiger partial charge on any atom is -0.450 e. The molecule has 5 nitrogen and oxygen atoms in total. The molecule has 3 N–H and O–H groups in total. The highest BCUT2D eigenvalue weighted by Crippen LogP contribution is 2.23. The minimum atomic E-state index is -1.44. The molecule has 17 heavy (non-hydrogen) atoms. The van der Waals surface area contributed by atoms with Crippen LogP contribution in [0.1, 0.15) is 27.7 Å². The molecule has 0 aromatic heterocycles. The molecule has 0 aliphatic rings. The second-order valence-electron chi connectivity index (χ2n) is 4.48. The topological polar surface area (TPSA) is 87.0 Å². The predicted molar refractivity (Wildman–Crippen MR) is 63.3 cm³/mol. The number of aliphatic hydroxyl groups is 3. The molecule has 100 valence electrons. The summed E-state index contributed by atoms with van der Waals surface area (Å²) in [6, 6.07) is 0. The lowest BCUT2D eigenvalue weighted by Gasteiger charge is -2.34. The Bertz CT molecular complexity index is 287. The maximum absolute atomic E-state index is 11.8. The largest absolute Gasteiger partial charge is 0.450 e. The molecule has 0 bridgehead atoms. The van der Waals surface area contributed by atoms with Gasteiger partial charge in [0.05, 0.1) is 13.2 Å². The molecule has 1 atom stereocenters. The number of ether oxygens (including phenoxy) is 1. The normalized spacial score (nSPS) is 13.1. The predicted octanol–water partition coefficient (Wildman–Crippen LogP) is 0.238. The van der Waals surface area contributed by atoms with E-state index in [9.17, 15) is 15.0 Å². The molecule has 0 aromatic carbocycles. The fraction of sp³-hybridized carbons (Fsp3) is 0.750. The van der Waals surface area contributed by atoms with Crippen molar-refractivity contribution in [3.63, 3.8) is 0 Å². The zero-order valence-electron chi connectivity index (χ0n) is 10.9. The van der Waals surface area contributed by atoms with E-state index in [1.54, 1.807) is 27.7 Å². The van der Waals surface area contributed by atoms with Crippen molar-refractivity contribution >= 4 is 5.97 Å². The lowest BCUT2D eigenvalue weighted by Crippen LogP contribution is -2.49. The van der Waals surface area contributed by atoms with E-state index in [4.69, 9.17) is 9.84 Å². The molecular weight excluding hydrogens is 224 g/mol. The molecule has 0 aliphatic heterocycles. The Hall–Kier alpha value is -0.910. The smallest absolute Gasteiger partial charge is 0.334 e. The number of aliphatic hydroxyl groups excluding tert-OH is 3. The van der Waals surface area contributed by atoms with Gasteiger partial charge in [0.2, 0.25) is 0 Å². The van der Waals surface area contributed by atoms with Gasteiger partial charge in [0.1, 0.15) is 0 Å². The van der Waals surface area contributed by atoms with Gasteiger partial charge in [0.15, 0.2) is 5.60 Å². The van der Waals surface area contributed by atoms with Gasteiger partial charge in [-0.05, 0) is 20.8 Å². The molecule has 0 saturated heterocycles. The van der Waals surface area contributed by atoms with Crippen LogP contribution < -0.4 is 0 Å². The Morgan fingerprint density at radius 3 is 1.94 bits per heavy atom. The van der Waals surface area contributed by atoms with Crippen LogP contribution >= 0.6 is 0 Å². The van der Waals surface area contributed by atoms with Crippen molar-refractivity contribution in [3.05, 3.63) is 11.1 Å². The van der Waals surface area contributed by atoms with Crippen LogP contribution in [0.5, 0.6) is 0 Å². The number of hydrogen-bond donors (Lipinski definition) is 3. The average Bonchev–Trinajstić information content (AvgIpc) is 2.33. The van der Waals surface area contributed by atoms with Crippen molar-refractivity contribution in [1.82, 2.24) is 0 Å². The molecule has 0 spiro atoms. The first-order chi connectivity index (χ1) is 7.84. The number of rotatable bonds is 6. The van der Waals surface area contributed by atoms with Gasteiger partial charge in [0.25, 0.3) is 0 Å². The molecule has 0 amide bonds. The average molecular weight is 246 g/mol. The van der Waals surface area contributed by atoms with Gasteiger partial charge < -0.3 is 20.1 Å². The van der Waals surface area contributed by atoms with Crippen molar-refractivity contribution in [1.29, 1.82) is 0 Å². The van der Waals surface area contributed by atoms with Crippen LogP contribution in [0.15, 0.2) is 11.1 Å². The van der Waals surface area contributed by atoms with Crippen LogP contribution in [0.3, 0.4) is 0 Å². The highest BCUT2D eigenvalue weighted by atomic mass is 16.6. The highest BCUT2D eigenvalue weighted by Gasteiger charge is 2.39. The number of carbonyl (C=O) groups excluding carboxylic acids is 1. The summed E-state index contributed by atoms with van der Waals surface area (Å²) in [5, 5.41) is 27.6. The summed E-state index contributed by atoms with van der Waals surface area (Å²) in [5.74, 6) is -1.14. The van der Waals surface area contributed by atoms with Gasteiger partial charge in [-0.25, -0.2) is 4.79 Å². The van der Waals surface area contributed by atoms with Crippen molar-refractivity contribution in [3.8, 4) is 0 Å². The number of carbonyl (C=O) groups is 1. The van der Waals surface area contributed by atoms with E-state index >= 15 is 0 Å². The fourth-order valence-electron chi connectivity index (χ4n) is 1.16. The molecule has 0 heterocycles. The Labute approximate surface area is 102 Å². The van der Waals surface area contributed by atoms with E-state index in [0.717, 1.165) is 5.57 Å². The van der Waals surface area contributed by atoms with Crippen molar-refractivity contribution in [2.75, 3.05) is 19.8 Å². The fourth-order valence-corrected chi connectivity index (χ4v) is 1.16. The zero-order valence-corrected chi connectivity index (χ0v) is 10.9. The first-order valence-electron chi connectivity index (χ1n) is 5.54. The first-order valence-corrected chi connectivity index (χ1v) is 5.54.